The number of thiazole rings is 1. The van der Waals surface area contributed by atoms with E-state index < -0.39 is 0 Å². The molecule has 0 aromatic carbocycles. The second kappa shape index (κ2) is 5.01. The predicted molar refractivity (Wildman–Crippen MR) is 80.6 cm³/mol. The van der Waals surface area contributed by atoms with Crippen molar-refractivity contribution in [2.75, 3.05) is 0 Å². The summed E-state index contributed by atoms with van der Waals surface area (Å²) in [5.74, 6) is 1.16. The van der Waals surface area contributed by atoms with E-state index in [0.29, 0.717) is 12.2 Å². The fourth-order valence-electron chi connectivity index (χ4n) is 2.45. The van der Waals surface area contributed by atoms with Crippen LogP contribution in [-0.4, -0.2) is 10.8 Å². The molecule has 1 heterocycles. The highest BCUT2D eigenvalue weighted by molar-refractivity contribution is 7.11. The highest BCUT2D eigenvalue weighted by Crippen LogP contribution is 2.45. The molecule has 0 spiro atoms. The number of carbonyl (C=O) groups excluding carboxylic acids is 1. The van der Waals surface area contributed by atoms with Gasteiger partial charge in [0.15, 0.2) is 0 Å². The average molecular weight is 279 g/mol. The molecular weight excluding hydrogens is 254 g/mol. The fourth-order valence-corrected chi connectivity index (χ4v) is 3.37. The Bertz CT molecular complexity index is 467. The van der Waals surface area contributed by atoms with Crippen LogP contribution in [0.1, 0.15) is 63.3 Å². The first kappa shape index (κ1) is 14.7. The zero-order valence-electron chi connectivity index (χ0n) is 12.7. The van der Waals surface area contributed by atoms with Crippen LogP contribution in [0.5, 0.6) is 0 Å². The lowest BCUT2D eigenvalue weighted by molar-refractivity contribution is -0.127. The Morgan fingerprint density at radius 1 is 1.37 bits per heavy atom. The Morgan fingerprint density at radius 3 is 2.42 bits per heavy atom. The number of rotatable bonds is 5. The van der Waals surface area contributed by atoms with E-state index in [1.807, 2.05) is 27.0 Å². The van der Waals surface area contributed by atoms with Crippen LogP contribution in [0.25, 0.3) is 0 Å². The van der Waals surface area contributed by atoms with Gasteiger partial charge in [-0.05, 0) is 19.3 Å². The molecule has 0 radical (unpaired) electrons. The number of hydrogen-bond donors (Lipinski definition) is 0. The van der Waals surface area contributed by atoms with E-state index in [1.54, 1.807) is 11.3 Å². The molecule has 1 atom stereocenters. The van der Waals surface area contributed by atoms with Crippen LogP contribution in [0.4, 0.5) is 0 Å². The third-order valence-corrected chi connectivity index (χ3v) is 5.18. The van der Waals surface area contributed by atoms with Crippen molar-refractivity contribution >= 4 is 17.1 Å². The molecule has 0 aliphatic heterocycles. The monoisotopic (exact) mass is 279 g/mol. The predicted octanol–water partition coefficient (Wildman–Crippen LogP) is 4.51. The summed E-state index contributed by atoms with van der Waals surface area (Å²) >= 11 is 1.75. The Morgan fingerprint density at radius 2 is 2.00 bits per heavy atom. The van der Waals surface area contributed by atoms with Crippen LogP contribution in [0, 0.1) is 18.3 Å². The van der Waals surface area contributed by atoms with E-state index in [4.69, 9.17) is 0 Å². The van der Waals surface area contributed by atoms with E-state index in [9.17, 15) is 4.79 Å². The molecule has 1 aliphatic carbocycles. The van der Waals surface area contributed by atoms with Gasteiger partial charge in [0, 0.05) is 28.3 Å². The van der Waals surface area contributed by atoms with Crippen molar-refractivity contribution in [3.63, 3.8) is 0 Å². The quantitative estimate of drug-likeness (QED) is 0.793. The number of nitrogens with zero attached hydrogens (tertiary/aromatic N) is 1. The Balaban J connectivity index is 2.21. The van der Waals surface area contributed by atoms with Crippen LogP contribution in [-0.2, 0) is 10.2 Å². The van der Waals surface area contributed by atoms with Crippen molar-refractivity contribution in [1.29, 1.82) is 0 Å². The lowest BCUT2D eigenvalue weighted by Crippen LogP contribution is -2.32. The number of carbonyl (C=O) groups is 1. The van der Waals surface area contributed by atoms with Gasteiger partial charge in [0.1, 0.15) is 5.78 Å². The Kier molecular flexibility index (Phi) is 3.87. The fraction of sp³-hybridized carbons (Fsp3) is 0.750. The second-order valence-corrected chi connectivity index (χ2v) is 8.57. The first-order chi connectivity index (χ1) is 8.71. The van der Waals surface area contributed by atoms with E-state index >= 15 is 0 Å². The molecule has 1 aromatic heterocycles. The van der Waals surface area contributed by atoms with Crippen molar-refractivity contribution in [1.82, 2.24) is 4.98 Å². The van der Waals surface area contributed by atoms with Gasteiger partial charge in [0.05, 0.1) is 5.01 Å². The zero-order valence-corrected chi connectivity index (χ0v) is 13.6. The van der Waals surface area contributed by atoms with Crippen molar-refractivity contribution in [2.45, 2.75) is 65.7 Å². The molecule has 3 heteroatoms. The van der Waals surface area contributed by atoms with Crippen LogP contribution in [0.15, 0.2) is 6.20 Å². The Hall–Kier alpha value is -0.700. The summed E-state index contributed by atoms with van der Waals surface area (Å²) in [5, 5.41) is 1.15. The van der Waals surface area contributed by atoms with Crippen LogP contribution >= 0.6 is 11.3 Å². The lowest BCUT2D eigenvalue weighted by Gasteiger charge is -2.30. The van der Waals surface area contributed by atoms with Crippen LogP contribution in [0.2, 0.25) is 0 Å². The summed E-state index contributed by atoms with van der Waals surface area (Å²) < 4.78 is 0. The van der Waals surface area contributed by atoms with Gasteiger partial charge in [0.2, 0.25) is 0 Å². The molecular formula is C16H25NOS. The molecule has 19 heavy (non-hydrogen) atoms. The highest BCUT2D eigenvalue weighted by atomic mass is 32.1. The molecule has 106 valence electrons. The van der Waals surface area contributed by atoms with Crippen molar-refractivity contribution in [3.05, 3.63) is 16.1 Å². The molecule has 1 fully saturated rings. The number of aryl methyl sites for hydroxylation is 1. The maximum Gasteiger partial charge on any atom is 0.139 e. The summed E-state index contributed by atoms with van der Waals surface area (Å²) in [5.41, 5.74) is -0.318. The van der Waals surface area contributed by atoms with Crippen molar-refractivity contribution in [3.8, 4) is 0 Å². The largest absolute Gasteiger partial charge is 0.299 e. The van der Waals surface area contributed by atoms with Gasteiger partial charge in [-0.15, -0.1) is 11.3 Å². The number of Topliss-reactive ketones (excluding diaryl/α,β-unsaturated/α-hetero) is 1. The summed E-state index contributed by atoms with van der Waals surface area (Å²) in [4.78, 5) is 18.2. The third-order valence-electron chi connectivity index (χ3n) is 3.96. The third kappa shape index (κ3) is 3.65. The molecule has 0 N–H and O–H groups in total. The van der Waals surface area contributed by atoms with Gasteiger partial charge in [-0.25, -0.2) is 4.98 Å². The molecule has 0 bridgehead atoms. The normalized spacial score (nSPS) is 19.2. The summed E-state index contributed by atoms with van der Waals surface area (Å²) in [6.45, 7) is 10.4. The minimum absolute atomic E-state index is 0.0650. The number of hydrogen-bond acceptors (Lipinski definition) is 3. The van der Waals surface area contributed by atoms with Crippen molar-refractivity contribution in [2.24, 2.45) is 11.3 Å². The van der Waals surface area contributed by atoms with Gasteiger partial charge in [-0.3, -0.25) is 4.79 Å². The smallest absolute Gasteiger partial charge is 0.139 e. The standard InChI is InChI=1S/C16H25NOS/c1-11-10-17-14(19-11)16(5,8-12-6-7-12)9-13(18)15(2,3)4/h10,12H,6-9H2,1-5H3. The van der Waals surface area contributed by atoms with Crippen molar-refractivity contribution < 1.29 is 4.79 Å². The van der Waals surface area contributed by atoms with Gasteiger partial charge in [-0.2, -0.15) is 0 Å². The van der Waals surface area contributed by atoms with Gasteiger partial charge in [0.25, 0.3) is 0 Å². The topological polar surface area (TPSA) is 30.0 Å². The first-order valence-electron chi connectivity index (χ1n) is 7.17. The summed E-state index contributed by atoms with van der Waals surface area (Å²) in [7, 11) is 0. The van der Waals surface area contributed by atoms with Crippen LogP contribution < -0.4 is 0 Å². The zero-order chi connectivity index (χ0) is 14.3. The van der Waals surface area contributed by atoms with E-state index in [-0.39, 0.29) is 10.8 Å². The van der Waals surface area contributed by atoms with Gasteiger partial charge in [-0.1, -0.05) is 40.5 Å². The first-order valence-corrected chi connectivity index (χ1v) is 7.98. The Labute approximate surface area is 120 Å². The van der Waals surface area contributed by atoms with E-state index in [2.05, 4.69) is 18.8 Å². The van der Waals surface area contributed by atoms with E-state index in [1.165, 1.54) is 17.7 Å². The van der Waals surface area contributed by atoms with E-state index in [0.717, 1.165) is 17.3 Å². The number of aromatic nitrogens is 1. The molecule has 0 saturated heterocycles. The number of ketones is 1. The average Bonchev–Trinajstić information content (AvgIpc) is 2.95. The summed E-state index contributed by atoms with van der Waals surface area (Å²) in [6.07, 6.45) is 6.32. The molecule has 1 aliphatic rings. The molecule has 1 unspecified atom stereocenters. The molecule has 2 rings (SSSR count). The molecule has 1 saturated carbocycles. The lowest BCUT2D eigenvalue weighted by atomic mass is 9.75. The van der Waals surface area contributed by atoms with Crippen LogP contribution in [0.3, 0.4) is 0 Å². The molecule has 1 aromatic rings. The second-order valence-electron chi connectivity index (χ2n) is 7.33. The maximum atomic E-state index is 12.4. The SMILES string of the molecule is Cc1cnc(C(C)(CC(=O)C(C)(C)C)CC2CC2)s1. The van der Waals surface area contributed by atoms with Gasteiger partial charge >= 0.3 is 0 Å². The molecule has 2 nitrogen and oxygen atoms in total. The minimum atomic E-state index is -0.253. The minimum Gasteiger partial charge on any atom is -0.299 e. The highest BCUT2D eigenvalue weighted by Gasteiger charge is 2.40. The van der Waals surface area contributed by atoms with Gasteiger partial charge < -0.3 is 0 Å². The molecule has 0 amide bonds. The summed E-state index contributed by atoms with van der Waals surface area (Å²) in [6, 6.07) is 0. The maximum absolute atomic E-state index is 12.4.